The fourth-order valence-corrected chi connectivity index (χ4v) is 6.77. The predicted molar refractivity (Wildman–Crippen MR) is 161 cm³/mol. The number of hydrogen-bond donors (Lipinski definition) is 0. The third kappa shape index (κ3) is 5.28. The minimum absolute atomic E-state index is 0.253. The topological polar surface area (TPSA) is 67.5 Å². The molecule has 1 aliphatic heterocycles. The van der Waals surface area contributed by atoms with Crippen LogP contribution in [0, 0.1) is 6.92 Å². The van der Waals surface area contributed by atoms with E-state index in [0.29, 0.717) is 32.1 Å². The number of esters is 1. The standard InChI is InChI=1S/C34H41N3O4/c1-4-40-34(38)33-27(17-11-21-41-30-18-9-13-24-12-5-6-14-25(24)30)26-15-10-16-28-31-23(2)35-36(3)29(31)22-39-20-8-7-19-37(33)32(26)28/h9-10,13,15-16,18H,4-8,11-12,14,17,19-22H2,1-3H3. The van der Waals surface area contributed by atoms with Crippen molar-refractivity contribution in [1.29, 1.82) is 0 Å². The van der Waals surface area contributed by atoms with E-state index >= 15 is 0 Å². The zero-order valence-electron chi connectivity index (χ0n) is 24.6. The van der Waals surface area contributed by atoms with E-state index in [1.165, 1.54) is 24.0 Å². The van der Waals surface area contributed by atoms with Crippen molar-refractivity contribution in [2.24, 2.45) is 7.05 Å². The lowest BCUT2D eigenvalue weighted by atomic mass is 9.91. The average molecular weight is 556 g/mol. The minimum Gasteiger partial charge on any atom is -0.493 e. The minimum atomic E-state index is -0.253. The summed E-state index contributed by atoms with van der Waals surface area (Å²) in [7, 11) is 1.98. The fraction of sp³-hybridized carbons (Fsp3) is 0.471. The fourth-order valence-electron chi connectivity index (χ4n) is 6.77. The summed E-state index contributed by atoms with van der Waals surface area (Å²) in [5.41, 5.74) is 9.83. The van der Waals surface area contributed by atoms with E-state index in [1.807, 2.05) is 18.7 Å². The van der Waals surface area contributed by atoms with E-state index < -0.39 is 0 Å². The molecule has 0 N–H and O–H groups in total. The van der Waals surface area contributed by atoms with Gasteiger partial charge in [0, 0.05) is 36.7 Å². The van der Waals surface area contributed by atoms with Gasteiger partial charge in [0.25, 0.3) is 0 Å². The molecular formula is C34H41N3O4. The molecule has 0 radical (unpaired) electrons. The van der Waals surface area contributed by atoms with E-state index in [2.05, 4.69) is 47.9 Å². The number of para-hydroxylation sites is 1. The third-order valence-electron chi connectivity index (χ3n) is 8.61. The summed E-state index contributed by atoms with van der Waals surface area (Å²) in [5.74, 6) is 0.769. The molecule has 2 aromatic heterocycles. The maximum absolute atomic E-state index is 13.6. The molecule has 216 valence electrons. The summed E-state index contributed by atoms with van der Waals surface area (Å²) in [4.78, 5) is 13.6. The zero-order valence-corrected chi connectivity index (χ0v) is 24.6. The van der Waals surface area contributed by atoms with Crippen LogP contribution in [0.2, 0.25) is 0 Å². The summed E-state index contributed by atoms with van der Waals surface area (Å²) in [5, 5.41) is 5.86. The number of carbonyl (C=O) groups is 1. The van der Waals surface area contributed by atoms with Crippen molar-refractivity contribution in [3.8, 4) is 16.9 Å². The average Bonchev–Trinajstić information content (AvgIpc) is 3.43. The van der Waals surface area contributed by atoms with Gasteiger partial charge in [-0.1, -0.05) is 30.3 Å². The highest BCUT2D eigenvalue weighted by Crippen LogP contribution is 2.39. The predicted octanol–water partition coefficient (Wildman–Crippen LogP) is 6.73. The Bertz CT molecular complexity index is 1560. The van der Waals surface area contributed by atoms with Crippen molar-refractivity contribution >= 4 is 16.9 Å². The van der Waals surface area contributed by atoms with Crippen molar-refractivity contribution in [3.63, 3.8) is 0 Å². The Kier molecular flexibility index (Phi) is 8.15. The lowest BCUT2D eigenvalue weighted by molar-refractivity contribution is 0.0512. The SMILES string of the molecule is CCOC(=O)c1c(CCCOc2cccc3c2CCCC3)c2cccc3c2n1CCCCOCc1c-3c(C)nn1C. The van der Waals surface area contributed by atoms with Crippen LogP contribution in [-0.4, -0.2) is 40.1 Å². The van der Waals surface area contributed by atoms with Gasteiger partial charge in [0.15, 0.2) is 0 Å². The highest BCUT2D eigenvalue weighted by molar-refractivity contribution is 6.04. The summed E-state index contributed by atoms with van der Waals surface area (Å²) < 4.78 is 22.2. The maximum atomic E-state index is 13.6. The molecule has 3 heterocycles. The van der Waals surface area contributed by atoms with Gasteiger partial charge in [-0.05, 0) is 88.0 Å². The normalized spacial score (nSPS) is 15.2. The first-order chi connectivity index (χ1) is 20.1. The Labute approximate surface area is 242 Å². The van der Waals surface area contributed by atoms with E-state index in [0.717, 1.165) is 89.8 Å². The van der Waals surface area contributed by atoms with E-state index in [-0.39, 0.29) is 5.97 Å². The van der Waals surface area contributed by atoms with Gasteiger partial charge in [-0.2, -0.15) is 5.10 Å². The molecule has 1 aliphatic carbocycles. The first kappa shape index (κ1) is 27.6. The maximum Gasteiger partial charge on any atom is 0.355 e. The third-order valence-corrected chi connectivity index (χ3v) is 8.61. The molecule has 0 saturated carbocycles. The zero-order chi connectivity index (χ0) is 28.3. The molecule has 41 heavy (non-hydrogen) atoms. The van der Waals surface area contributed by atoms with Crippen molar-refractivity contribution in [3.05, 3.63) is 70.2 Å². The molecule has 7 nitrogen and oxygen atoms in total. The number of rotatable bonds is 7. The first-order valence-electron chi connectivity index (χ1n) is 15.2. The van der Waals surface area contributed by atoms with Gasteiger partial charge in [0.05, 0.1) is 36.7 Å². The number of carbonyl (C=O) groups excluding carboxylic acids is 1. The Morgan fingerprint density at radius 2 is 1.93 bits per heavy atom. The van der Waals surface area contributed by atoms with Crippen molar-refractivity contribution in [2.45, 2.75) is 78.4 Å². The first-order valence-corrected chi connectivity index (χ1v) is 15.2. The summed E-state index contributed by atoms with van der Waals surface area (Å²) in [6, 6.07) is 12.9. The molecule has 6 rings (SSSR count). The summed E-state index contributed by atoms with van der Waals surface area (Å²) in [6.07, 6.45) is 8.09. The molecule has 2 aromatic carbocycles. The van der Waals surface area contributed by atoms with Crippen LogP contribution in [0.1, 0.15) is 77.6 Å². The van der Waals surface area contributed by atoms with Crippen LogP contribution in [0.3, 0.4) is 0 Å². The van der Waals surface area contributed by atoms with Crippen LogP contribution < -0.4 is 4.74 Å². The number of aromatic nitrogens is 3. The van der Waals surface area contributed by atoms with Gasteiger partial charge in [0.2, 0.25) is 0 Å². The van der Waals surface area contributed by atoms with E-state index in [4.69, 9.17) is 19.3 Å². The van der Waals surface area contributed by atoms with Crippen LogP contribution in [-0.2, 0) is 48.9 Å². The quantitative estimate of drug-likeness (QED) is 0.187. The number of fused-ring (bicyclic) bond motifs is 3. The number of ether oxygens (including phenoxy) is 3. The van der Waals surface area contributed by atoms with Gasteiger partial charge in [-0.25, -0.2) is 4.79 Å². The van der Waals surface area contributed by atoms with Crippen molar-refractivity contribution < 1.29 is 19.0 Å². The second-order valence-electron chi connectivity index (χ2n) is 11.2. The summed E-state index contributed by atoms with van der Waals surface area (Å²) >= 11 is 0. The van der Waals surface area contributed by atoms with Crippen molar-refractivity contribution in [2.75, 3.05) is 19.8 Å². The lowest BCUT2D eigenvalue weighted by Gasteiger charge is -2.19. The van der Waals surface area contributed by atoms with Gasteiger partial charge in [-0.3, -0.25) is 4.68 Å². The molecule has 0 atom stereocenters. The molecule has 0 fully saturated rings. The molecule has 0 bridgehead atoms. The molecular weight excluding hydrogens is 514 g/mol. The van der Waals surface area contributed by atoms with E-state index in [9.17, 15) is 4.79 Å². The molecule has 2 aliphatic rings. The second-order valence-corrected chi connectivity index (χ2v) is 11.2. The molecule has 0 saturated heterocycles. The largest absolute Gasteiger partial charge is 0.493 e. The number of hydrogen-bond acceptors (Lipinski definition) is 5. The number of benzene rings is 2. The smallest absolute Gasteiger partial charge is 0.355 e. The monoisotopic (exact) mass is 555 g/mol. The van der Waals surface area contributed by atoms with Gasteiger partial charge in [0.1, 0.15) is 11.4 Å². The highest BCUT2D eigenvalue weighted by atomic mass is 16.5. The molecule has 0 spiro atoms. The Hall–Kier alpha value is -3.58. The Balaban J connectivity index is 1.40. The summed E-state index contributed by atoms with van der Waals surface area (Å²) in [6.45, 7) is 6.79. The molecule has 7 heteroatoms. The number of nitrogens with zero attached hydrogens (tertiary/aromatic N) is 3. The van der Waals surface area contributed by atoms with Gasteiger partial charge in [-0.15, -0.1) is 0 Å². The Morgan fingerprint density at radius 3 is 2.80 bits per heavy atom. The second kappa shape index (κ2) is 12.1. The van der Waals surface area contributed by atoms with Crippen LogP contribution in [0.15, 0.2) is 36.4 Å². The molecule has 0 amide bonds. The highest BCUT2D eigenvalue weighted by Gasteiger charge is 2.28. The van der Waals surface area contributed by atoms with Crippen LogP contribution in [0.25, 0.3) is 22.0 Å². The molecule has 4 aromatic rings. The van der Waals surface area contributed by atoms with Crippen LogP contribution >= 0.6 is 0 Å². The Morgan fingerprint density at radius 1 is 1.07 bits per heavy atom. The van der Waals surface area contributed by atoms with Crippen molar-refractivity contribution in [1.82, 2.24) is 14.3 Å². The van der Waals surface area contributed by atoms with Crippen LogP contribution in [0.4, 0.5) is 0 Å². The van der Waals surface area contributed by atoms with Gasteiger partial charge < -0.3 is 18.8 Å². The van der Waals surface area contributed by atoms with Crippen LogP contribution in [0.5, 0.6) is 5.75 Å². The van der Waals surface area contributed by atoms with E-state index in [1.54, 1.807) is 0 Å². The molecule has 0 unspecified atom stereocenters. The number of aryl methyl sites for hydroxylation is 5. The van der Waals surface area contributed by atoms with Gasteiger partial charge >= 0.3 is 5.97 Å². The lowest BCUT2D eigenvalue weighted by Crippen LogP contribution is -2.15.